The highest BCUT2D eigenvalue weighted by molar-refractivity contribution is 4.80. The van der Waals surface area contributed by atoms with Crippen LogP contribution in [0.5, 0.6) is 0 Å². The Morgan fingerprint density at radius 2 is 1.87 bits per heavy atom. The molecular formula is C12H25N3. The SMILES string of the molecule is CCC1CCC(NN2CCN(C)CC2)C1. The van der Waals surface area contributed by atoms with Crippen LogP contribution in [0.3, 0.4) is 0 Å². The minimum atomic E-state index is 0.762. The van der Waals surface area contributed by atoms with Gasteiger partial charge in [-0.3, -0.25) is 5.43 Å². The van der Waals surface area contributed by atoms with Gasteiger partial charge in [-0.1, -0.05) is 13.3 Å². The van der Waals surface area contributed by atoms with Gasteiger partial charge in [0.05, 0.1) is 0 Å². The fourth-order valence-electron chi connectivity index (χ4n) is 2.76. The van der Waals surface area contributed by atoms with Crippen LogP contribution in [-0.2, 0) is 0 Å². The van der Waals surface area contributed by atoms with Crippen molar-refractivity contribution in [3.05, 3.63) is 0 Å². The molecule has 0 spiro atoms. The minimum absolute atomic E-state index is 0.762. The lowest BCUT2D eigenvalue weighted by Gasteiger charge is -2.34. The van der Waals surface area contributed by atoms with Gasteiger partial charge in [0.15, 0.2) is 0 Å². The lowest BCUT2D eigenvalue weighted by molar-refractivity contribution is 0.0869. The van der Waals surface area contributed by atoms with Crippen molar-refractivity contribution in [2.45, 2.75) is 38.6 Å². The van der Waals surface area contributed by atoms with Gasteiger partial charge in [0.2, 0.25) is 0 Å². The summed E-state index contributed by atoms with van der Waals surface area (Å²) in [4.78, 5) is 2.40. The molecule has 0 aromatic heterocycles. The van der Waals surface area contributed by atoms with E-state index >= 15 is 0 Å². The van der Waals surface area contributed by atoms with Crippen LogP contribution in [0.25, 0.3) is 0 Å². The molecule has 3 nitrogen and oxygen atoms in total. The Hall–Kier alpha value is -0.120. The molecular weight excluding hydrogens is 186 g/mol. The molecule has 1 aliphatic carbocycles. The molecule has 1 heterocycles. The van der Waals surface area contributed by atoms with Gasteiger partial charge < -0.3 is 4.90 Å². The van der Waals surface area contributed by atoms with Gasteiger partial charge in [-0.15, -0.1) is 0 Å². The Morgan fingerprint density at radius 1 is 1.13 bits per heavy atom. The molecule has 0 radical (unpaired) electrons. The zero-order valence-electron chi connectivity index (χ0n) is 10.2. The lowest BCUT2D eigenvalue weighted by Crippen LogP contribution is -2.53. The summed E-state index contributed by atoms with van der Waals surface area (Å²) in [5, 5.41) is 2.43. The molecule has 88 valence electrons. The highest BCUT2D eigenvalue weighted by Gasteiger charge is 2.25. The first-order valence-corrected chi connectivity index (χ1v) is 6.47. The van der Waals surface area contributed by atoms with Gasteiger partial charge in [-0.25, -0.2) is 5.01 Å². The number of likely N-dealkylation sites (N-methyl/N-ethyl adjacent to an activating group) is 1. The molecule has 0 aromatic carbocycles. The third-order valence-electron chi connectivity index (χ3n) is 3.99. The summed E-state index contributed by atoms with van der Waals surface area (Å²) >= 11 is 0. The molecule has 1 aliphatic heterocycles. The van der Waals surface area contributed by atoms with Crippen molar-refractivity contribution < 1.29 is 0 Å². The van der Waals surface area contributed by atoms with Crippen LogP contribution in [0.2, 0.25) is 0 Å². The molecule has 0 amide bonds. The number of nitrogens with zero attached hydrogens (tertiary/aromatic N) is 2. The fourth-order valence-corrected chi connectivity index (χ4v) is 2.76. The lowest BCUT2D eigenvalue weighted by atomic mass is 10.1. The van der Waals surface area contributed by atoms with Crippen molar-refractivity contribution in [1.82, 2.24) is 15.3 Å². The predicted octanol–water partition coefficient (Wildman–Crippen LogP) is 1.32. The molecule has 3 heteroatoms. The first-order valence-electron chi connectivity index (χ1n) is 6.47. The Labute approximate surface area is 93.8 Å². The summed E-state index contributed by atoms with van der Waals surface area (Å²) in [5.41, 5.74) is 3.71. The van der Waals surface area contributed by atoms with Crippen LogP contribution in [0.4, 0.5) is 0 Å². The van der Waals surface area contributed by atoms with Crippen LogP contribution in [0, 0.1) is 5.92 Å². The van der Waals surface area contributed by atoms with Gasteiger partial charge in [-0.05, 0) is 32.2 Å². The maximum Gasteiger partial charge on any atom is 0.0259 e. The van der Waals surface area contributed by atoms with E-state index in [1.165, 1.54) is 51.9 Å². The second kappa shape index (κ2) is 5.28. The van der Waals surface area contributed by atoms with Crippen molar-refractivity contribution in [1.29, 1.82) is 0 Å². The molecule has 1 saturated heterocycles. The van der Waals surface area contributed by atoms with E-state index < -0.39 is 0 Å². The van der Waals surface area contributed by atoms with Crippen LogP contribution in [0.1, 0.15) is 32.6 Å². The van der Waals surface area contributed by atoms with Crippen LogP contribution >= 0.6 is 0 Å². The largest absolute Gasteiger partial charge is 0.304 e. The van der Waals surface area contributed by atoms with Gasteiger partial charge in [0, 0.05) is 32.2 Å². The average molecular weight is 211 g/mol. The number of hydrazine groups is 1. The monoisotopic (exact) mass is 211 g/mol. The summed E-state index contributed by atoms with van der Waals surface area (Å²) in [6.07, 6.45) is 5.57. The molecule has 0 bridgehead atoms. The number of hydrogen-bond acceptors (Lipinski definition) is 3. The molecule has 2 fully saturated rings. The summed E-state index contributed by atoms with van der Waals surface area (Å²) in [6, 6.07) is 0.762. The molecule has 2 rings (SSSR count). The summed E-state index contributed by atoms with van der Waals surface area (Å²) in [6.45, 7) is 7.10. The number of rotatable bonds is 3. The number of hydrogen-bond donors (Lipinski definition) is 1. The first kappa shape index (κ1) is 11.4. The first-order chi connectivity index (χ1) is 7.28. The summed E-state index contributed by atoms with van der Waals surface area (Å²) in [7, 11) is 2.21. The second-order valence-electron chi connectivity index (χ2n) is 5.20. The summed E-state index contributed by atoms with van der Waals surface area (Å²) in [5.74, 6) is 0.981. The maximum absolute atomic E-state index is 3.71. The van der Waals surface area contributed by atoms with Gasteiger partial charge >= 0.3 is 0 Å². The molecule has 1 N–H and O–H groups in total. The highest BCUT2D eigenvalue weighted by Crippen LogP contribution is 2.28. The topological polar surface area (TPSA) is 18.5 Å². The normalized spacial score (nSPS) is 34.8. The molecule has 2 atom stereocenters. The molecule has 2 unspecified atom stereocenters. The van der Waals surface area contributed by atoms with E-state index in [-0.39, 0.29) is 0 Å². The van der Waals surface area contributed by atoms with E-state index in [0.717, 1.165) is 12.0 Å². The van der Waals surface area contributed by atoms with Crippen LogP contribution in [0.15, 0.2) is 0 Å². The van der Waals surface area contributed by atoms with Crippen molar-refractivity contribution >= 4 is 0 Å². The molecule has 15 heavy (non-hydrogen) atoms. The van der Waals surface area contributed by atoms with E-state index in [9.17, 15) is 0 Å². The highest BCUT2D eigenvalue weighted by atomic mass is 15.5. The third kappa shape index (κ3) is 3.16. The van der Waals surface area contributed by atoms with Crippen molar-refractivity contribution in [2.24, 2.45) is 5.92 Å². The summed E-state index contributed by atoms with van der Waals surface area (Å²) < 4.78 is 0. The van der Waals surface area contributed by atoms with E-state index in [4.69, 9.17) is 0 Å². The average Bonchev–Trinajstić information content (AvgIpc) is 2.69. The van der Waals surface area contributed by atoms with Crippen molar-refractivity contribution in [3.8, 4) is 0 Å². The Kier molecular flexibility index (Phi) is 4.00. The quantitative estimate of drug-likeness (QED) is 0.759. The predicted molar refractivity (Wildman–Crippen MR) is 63.6 cm³/mol. The van der Waals surface area contributed by atoms with E-state index in [1.54, 1.807) is 0 Å². The fraction of sp³-hybridized carbons (Fsp3) is 1.00. The van der Waals surface area contributed by atoms with Gasteiger partial charge in [0.25, 0.3) is 0 Å². The zero-order chi connectivity index (χ0) is 10.7. The maximum atomic E-state index is 3.71. The zero-order valence-corrected chi connectivity index (χ0v) is 10.2. The Bertz CT molecular complexity index is 187. The Balaban J connectivity index is 1.69. The smallest absolute Gasteiger partial charge is 0.0259 e. The standard InChI is InChI=1S/C12H25N3/c1-3-11-4-5-12(10-11)13-15-8-6-14(2)7-9-15/h11-13H,3-10H2,1-2H3. The van der Waals surface area contributed by atoms with E-state index in [0.29, 0.717) is 0 Å². The number of nitrogens with one attached hydrogen (secondary N) is 1. The molecule has 2 aliphatic rings. The van der Waals surface area contributed by atoms with Crippen molar-refractivity contribution in [3.63, 3.8) is 0 Å². The van der Waals surface area contributed by atoms with Gasteiger partial charge in [0.1, 0.15) is 0 Å². The van der Waals surface area contributed by atoms with E-state index in [2.05, 4.69) is 29.3 Å². The van der Waals surface area contributed by atoms with Gasteiger partial charge in [-0.2, -0.15) is 0 Å². The van der Waals surface area contributed by atoms with E-state index in [1.807, 2.05) is 0 Å². The minimum Gasteiger partial charge on any atom is -0.304 e. The van der Waals surface area contributed by atoms with Crippen molar-refractivity contribution in [2.75, 3.05) is 33.2 Å². The molecule has 1 saturated carbocycles. The second-order valence-corrected chi connectivity index (χ2v) is 5.20. The van der Waals surface area contributed by atoms with Crippen LogP contribution < -0.4 is 5.43 Å². The third-order valence-corrected chi connectivity index (χ3v) is 3.99. The Morgan fingerprint density at radius 3 is 2.47 bits per heavy atom. The van der Waals surface area contributed by atoms with Crippen LogP contribution in [-0.4, -0.2) is 49.2 Å². The molecule has 0 aromatic rings. The number of piperazine rings is 1.